The van der Waals surface area contributed by atoms with E-state index in [1.54, 1.807) is 12.1 Å². The molecule has 0 aliphatic carbocycles. The Labute approximate surface area is 70.8 Å². The fraction of sp³-hybridized carbons (Fsp3) is 0.250. The third kappa shape index (κ3) is 2.20. The van der Waals surface area contributed by atoms with Gasteiger partial charge in [0.15, 0.2) is 0 Å². The van der Waals surface area contributed by atoms with Crippen LogP contribution in [0.4, 0.5) is 4.39 Å². The van der Waals surface area contributed by atoms with Gasteiger partial charge in [0.2, 0.25) is 0 Å². The molecule has 1 nitrogen and oxygen atoms in total. The van der Waals surface area contributed by atoms with E-state index >= 15 is 0 Å². The van der Waals surface area contributed by atoms with Gasteiger partial charge in [-0.2, -0.15) is 12.6 Å². The number of hydrogen-bond acceptors (Lipinski definition) is 2. The highest BCUT2D eigenvalue weighted by Gasteiger charge is 2.02. The quantitative estimate of drug-likeness (QED) is 0.651. The number of thiol groups is 1. The Bertz CT molecular complexity index is 222. The molecule has 3 heteroatoms. The molecule has 0 bridgehead atoms. The second-order valence-electron chi connectivity index (χ2n) is 2.30. The molecule has 0 radical (unpaired) electrons. The maximum Gasteiger partial charge on any atom is 0.123 e. The molecule has 1 atom stereocenters. The normalized spacial score (nSPS) is 13.0. The Balaban J connectivity index is 2.81. The van der Waals surface area contributed by atoms with Crippen molar-refractivity contribution in [3.63, 3.8) is 0 Å². The first-order chi connectivity index (χ1) is 5.24. The summed E-state index contributed by atoms with van der Waals surface area (Å²) in [6.45, 7) is 0.467. The lowest BCUT2D eigenvalue weighted by molar-refractivity contribution is 0.627. The molecule has 2 N–H and O–H groups in total. The highest BCUT2D eigenvalue weighted by atomic mass is 32.1. The fourth-order valence-corrected chi connectivity index (χ4v) is 0.993. The molecular formula is C8H10FNS. The summed E-state index contributed by atoms with van der Waals surface area (Å²) in [6, 6.07) is 6.21. The Kier molecular flexibility index (Phi) is 2.91. The van der Waals surface area contributed by atoms with Crippen molar-refractivity contribution in [2.24, 2.45) is 5.73 Å². The molecule has 0 heterocycles. The van der Waals surface area contributed by atoms with Crippen molar-refractivity contribution in [1.29, 1.82) is 0 Å². The van der Waals surface area contributed by atoms with E-state index in [4.69, 9.17) is 5.73 Å². The Morgan fingerprint density at radius 1 is 1.36 bits per heavy atom. The predicted octanol–water partition coefficient (Wildman–Crippen LogP) is 1.76. The molecule has 0 saturated carbocycles. The van der Waals surface area contributed by atoms with Crippen molar-refractivity contribution in [1.82, 2.24) is 0 Å². The van der Waals surface area contributed by atoms with Crippen molar-refractivity contribution in [2.75, 3.05) is 6.54 Å². The lowest BCUT2D eigenvalue weighted by Gasteiger charge is -2.06. The summed E-state index contributed by atoms with van der Waals surface area (Å²) in [5, 5.41) is 0.00981. The van der Waals surface area contributed by atoms with Gasteiger partial charge in [-0.15, -0.1) is 0 Å². The van der Waals surface area contributed by atoms with Crippen molar-refractivity contribution in [3.05, 3.63) is 35.6 Å². The first kappa shape index (κ1) is 8.56. The highest BCUT2D eigenvalue weighted by Crippen LogP contribution is 2.17. The van der Waals surface area contributed by atoms with Gasteiger partial charge < -0.3 is 5.73 Å². The van der Waals surface area contributed by atoms with E-state index in [0.717, 1.165) is 5.56 Å². The zero-order chi connectivity index (χ0) is 8.27. The van der Waals surface area contributed by atoms with Gasteiger partial charge in [-0.05, 0) is 17.7 Å². The van der Waals surface area contributed by atoms with Crippen molar-refractivity contribution >= 4 is 12.6 Å². The first-order valence-corrected chi connectivity index (χ1v) is 3.89. The van der Waals surface area contributed by atoms with Crippen LogP contribution in [-0.4, -0.2) is 6.54 Å². The van der Waals surface area contributed by atoms with Crippen LogP contribution in [0, 0.1) is 5.82 Å². The monoisotopic (exact) mass is 171 g/mol. The molecule has 0 spiro atoms. The lowest BCUT2D eigenvalue weighted by Crippen LogP contribution is -2.06. The molecule has 0 fully saturated rings. The molecule has 1 unspecified atom stereocenters. The van der Waals surface area contributed by atoms with Gasteiger partial charge in [-0.25, -0.2) is 4.39 Å². The summed E-state index contributed by atoms with van der Waals surface area (Å²) in [7, 11) is 0. The molecule has 60 valence electrons. The van der Waals surface area contributed by atoms with Gasteiger partial charge in [0.1, 0.15) is 5.82 Å². The van der Waals surface area contributed by atoms with Crippen LogP contribution in [0.1, 0.15) is 10.8 Å². The van der Waals surface area contributed by atoms with E-state index in [1.165, 1.54) is 12.1 Å². The topological polar surface area (TPSA) is 26.0 Å². The molecule has 1 aromatic rings. The summed E-state index contributed by atoms with van der Waals surface area (Å²) in [5.74, 6) is -0.230. The average molecular weight is 171 g/mol. The van der Waals surface area contributed by atoms with Gasteiger partial charge in [0.25, 0.3) is 0 Å². The molecule has 0 aromatic heterocycles. The van der Waals surface area contributed by atoms with Gasteiger partial charge in [-0.1, -0.05) is 12.1 Å². The number of hydrogen-bond donors (Lipinski definition) is 2. The molecule has 0 aliphatic heterocycles. The largest absolute Gasteiger partial charge is 0.329 e. The van der Waals surface area contributed by atoms with E-state index in [9.17, 15) is 4.39 Å². The number of rotatable bonds is 2. The smallest absolute Gasteiger partial charge is 0.123 e. The fourth-order valence-electron chi connectivity index (χ4n) is 0.821. The second-order valence-corrected chi connectivity index (χ2v) is 2.93. The van der Waals surface area contributed by atoms with Gasteiger partial charge in [0.05, 0.1) is 0 Å². The summed E-state index contributed by atoms with van der Waals surface area (Å²) < 4.78 is 12.4. The van der Waals surface area contributed by atoms with Crippen molar-refractivity contribution < 1.29 is 4.39 Å². The van der Waals surface area contributed by atoms with Gasteiger partial charge in [-0.3, -0.25) is 0 Å². The highest BCUT2D eigenvalue weighted by molar-refractivity contribution is 7.80. The number of halogens is 1. The number of benzene rings is 1. The molecule has 0 saturated heterocycles. The second kappa shape index (κ2) is 3.74. The Hall–Kier alpha value is -0.540. The minimum Gasteiger partial charge on any atom is -0.329 e. The average Bonchev–Trinajstić information content (AvgIpc) is 2.05. The van der Waals surface area contributed by atoms with E-state index in [2.05, 4.69) is 12.6 Å². The molecular weight excluding hydrogens is 161 g/mol. The zero-order valence-electron chi connectivity index (χ0n) is 6.00. The zero-order valence-corrected chi connectivity index (χ0v) is 6.89. The molecule has 1 rings (SSSR count). The van der Waals surface area contributed by atoms with Crippen LogP contribution in [0.2, 0.25) is 0 Å². The SMILES string of the molecule is NCC(S)c1ccc(F)cc1. The molecule has 11 heavy (non-hydrogen) atoms. The summed E-state index contributed by atoms with van der Waals surface area (Å²) in [5.41, 5.74) is 6.33. The van der Waals surface area contributed by atoms with Crippen molar-refractivity contribution in [2.45, 2.75) is 5.25 Å². The standard InChI is InChI=1S/C8H10FNS/c9-7-3-1-6(2-4-7)8(11)5-10/h1-4,8,11H,5,10H2. The van der Waals surface area contributed by atoms with Crippen LogP contribution >= 0.6 is 12.6 Å². The molecule has 1 aromatic carbocycles. The predicted molar refractivity (Wildman–Crippen MR) is 47.2 cm³/mol. The van der Waals surface area contributed by atoms with Crippen LogP contribution in [0.3, 0.4) is 0 Å². The third-order valence-corrected chi connectivity index (χ3v) is 1.99. The summed E-state index contributed by atoms with van der Waals surface area (Å²) >= 11 is 4.21. The lowest BCUT2D eigenvalue weighted by atomic mass is 10.1. The van der Waals surface area contributed by atoms with Crippen molar-refractivity contribution in [3.8, 4) is 0 Å². The maximum atomic E-state index is 12.4. The maximum absolute atomic E-state index is 12.4. The summed E-state index contributed by atoms with van der Waals surface area (Å²) in [6.07, 6.45) is 0. The summed E-state index contributed by atoms with van der Waals surface area (Å²) in [4.78, 5) is 0. The first-order valence-electron chi connectivity index (χ1n) is 3.37. The van der Waals surface area contributed by atoms with Crippen LogP contribution in [0.5, 0.6) is 0 Å². The third-order valence-electron chi connectivity index (χ3n) is 1.48. The van der Waals surface area contributed by atoms with Crippen LogP contribution < -0.4 is 5.73 Å². The minimum atomic E-state index is -0.230. The Morgan fingerprint density at radius 2 is 1.91 bits per heavy atom. The van der Waals surface area contributed by atoms with Gasteiger partial charge >= 0.3 is 0 Å². The van der Waals surface area contributed by atoms with Gasteiger partial charge in [0, 0.05) is 11.8 Å². The Morgan fingerprint density at radius 3 is 2.36 bits per heavy atom. The van der Waals surface area contributed by atoms with E-state index in [-0.39, 0.29) is 11.1 Å². The minimum absolute atomic E-state index is 0.00981. The molecule has 0 amide bonds. The van der Waals surface area contributed by atoms with Crippen LogP contribution in [-0.2, 0) is 0 Å². The van der Waals surface area contributed by atoms with Crippen LogP contribution in [0.25, 0.3) is 0 Å². The molecule has 0 aliphatic rings. The number of nitrogens with two attached hydrogens (primary N) is 1. The van der Waals surface area contributed by atoms with E-state index in [1.807, 2.05) is 0 Å². The van der Waals surface area contributed by atoms with Crippen LogP contribution in [0.15, 0.2) is 24.3 Å². The van der Waals surface area contributed by atoms with E-state index in [0.29, 0.717) is 6.54 Å². The van der Waals surface area contributed by atoms with E-state index < -0.39 is 0 Å².